The Morgan fingerprint density at radius 2 is 1.78 bits per heavy atom. The molecular formula is C23H23FN4O4. The standard InChI is InChI=1S/C23H23FN4O4/c24-18-8-6-16(7-9-18)14-17(22(25)30)15-26-23(31)20-10-11-21(29)28(27-20)12-13-32-19-4-2-1-3-5-19/h1-11,17H,12-15H2,(H2,25,30)(H,26,31). The van der Waals surface area contributed by atoms with Gasteiger partial charge in [-0.15, -0.1) is 0 Å². The molecule has 1 aromatic heterocycles. The Morgan fingerprint density at radius 3 is 2.47 bits per heavy atom. The zero-order valence-electron chi connectivity index (χ0n) is 17.2. The van der Waals surface area contributed by atoms with Crippen LogP contribution in [-0.2, 0) is 17.8 Å². The molecule has 166 valence electrons. The van der Waals surface area contributed by atoms with E-state index in [0.717, 1.165) is 10.2 Å². The van der Waals surface area contributed by atoms with Gasteiger partial charge >= 0.3 is 0 Å². The van der Waals surface area contributed by atoms with E-state index >= 15 is 0 Å². The average molecular weight is 438 g/mol. The summed E-state index contributed by atoms with van der Waals surface area (Å²) in [4.78, 5) is 36.3. The molecule has 3 N–H and O–H groups in total. The molecule has 32 heavy (non-hydrogen) atoms. The van der Waals surface area contributed by atoms with Crippen LogP contribution in [0.4, 0.5) is 4.39 Å². The molecule has 2 aromatic carbocycles. The van der Waals surface area contributed by atoms with E-state index in [9.17, 15) is 18.8 Å². The van der Waals surface area contributed by atoms with Crippen molar-refractivity contribution in [3.8, 4) is 5.75 Å². The molecular weight excluding hydrogens is 415 g/mol. The molecule has 0 fully saturated rings. The highest BCUT2D eigenvalue weighted by Crippen LogP contribution is 2.10. The normalized spacial score (nSPS) is 11.5. The minimum absolute atomic E-state index is 0.0225. The van der Waals surface area contributed by atoms with Gasteiger partial charge in [-0.25, -0.2) is 9.07 Å². The lowest BCUT2D eigenvalue weighted by Crippen LogP contribution is -2.38. The minimum atomic E-state index is -0.686. The highest BCUT2D eigenvalue weighted by Gasteiger charge is 2.18. The van der Waals surface area contributed by atoms with Crippen molar-refractivity contribution in [3.05, 3.63) is 94.2 Å². The topological polar surface area (TPSA) is 116 Å². The maximum atomic E-state index is 13.1. The Hall–Kier alpha value is -4.01. The molecule has 2 amide bonds. The molecule has 9 heteroatoms. The zero-order valence-corrected chi connectivity index (χ0v) is 17.2. The number of nitrogens with one attached hydrogen (secondary N) is 1. The number of nitrogens with zero attached hydrogens (tertiary/aromatic N) is 2. The summed E-state index contributed by atoms with van der Waals surface area (Å²) in [6, 6.07) is 17.4. The number of amides is 2. The van der Waals surface area contributed by atoms with Crippen molar-refractivity contribution in [1.29, 1.82) is 0 Å². The molecule has 0 aliphatic carbocycles. The van der Waals surface area contributed by atoms with Crippen molar-refractivity contribution in [2.24, 2.45) is 11.7 Å². The summed E-state index contributed by atoms with van der Waals surface area (Å²) in [5.41, 5.74) is 5.82. The van der Waals surface area contributed by atoms with Crippen LogP contribution in [0.2, 0.25) is 0 Å². The van der Waals surface area contributed by atoms with Crippen LogP contribution in [0.25, 0.3) is 0 Å². The predicted octanol–water partition coefficient (Wildman–Crippen LogP) is 1.54. The maximum Gasteiger partial charge on any atom is 0.271 e. The van der Waals surface area contributed by atoms with Crippen molar-refractivity contribution >= 4 is 11.8 Å². The van der Waals surface area contributed by atoms with Gasteiger partial charge in [0.15, 0.2) is 0 Å². The first-order chi connectivity index (χ1) is 15.4. The summed E-state index contributed by atoms with van der Waals surface area (Å²) >= 11 is 0. The second-order valence-electron chi connectivity index (χ2n) is 7.08. The lowest BCUT2D eigenvalue weighted by atomic mass is 9.98. The first kappa shape index (κ1) is 22.7. The number of halogens is 1. The van der Waals surface area contributed by atoms with E-state index in [2.05, 4.69) is 10.4 Å². The van der Waals surface area contributed by atoms with E-state index in [1.807, 2.05) is 18.2 Å². The summed E-state index contributed by atoms with van der Waals surface area (Å²) in [6.07, 6.45) is 0.250. The number of benzene rings is 2. The summed E-state index contributed by atoms with van der Waals surface area (Å²) in [7, 11) is 0. The van der Waals surface area contributed by atoms with Crippen LogP contribution >= 0.6 is 0 Å². The van der Waals surface area contributed by atoms with E-state index < -0.39 is 17.7 Å². The third-order valence-electron chi connectivity index (χ3n) is 4.72. The Morgan fingerprint density at radius 1 is 1.06 bits per heavy atom. The van der Waals surface area contributed by atoms with Gasteiger partial charge in [0.1, 0.15) is 23.9 Å². The summed E-state index contributed by atoms with van der Waals surface area (Å²) in [5, 5.41) is 6.69. The number of carbonyl (C=O) groups excluding carboxylic acids is 2. The first-order valence-electron chi connectivity index (χ1n) is 10.0. The van der Waals surface area contributed by atoms with E-state index in [0.29, 0.717) is 5.75 Å². The highest BCUT2D eigenvalue weighted by molar-refractivity contribution is 5.92. The van der Waals surface area contributed by atoms with Gasteiger partial charge in [-0.1, -0.05) is 30.3 Å². The van der Waals surface area contributed by atoms with Crippen molar-refractivity contribution in [2.45, 2.75) is 13.0 Å². The fourth-order valence-electron chi connectivity index (χ4n) is 2.98. The van der Waals surface area contributed by atoms with Gasteiger partial charge in [-0.3, -0.25) is 14.4 Å². The Kier molecular flexibility index (Phi) is 7.69. The van der Waals surface area contributed by atoms with Crippen LogP contribution in [0.1, 0.15) is 16.1 Å². The molecule has 3 aromatic rings. The molecule has 8 nitrogen and oxygen atoms in total. The average Bonchev–Trinajstić information content (AvgIpc) is 2.79. The zero-order chi connectivity index (χ0) is 22.9. The van der Waals surface area contributed by atoms with Crippen molar-refractivity contribution < 1.29 is 18.7 Å². The molecule has 0 saturated heterocycles. The third-order valence-corrected chi connectivity index (χ3v) is 4.72. The van der Waals surface area contributed by atoms with Gasteiger partial charge in [-0.2, -0.15) is 5.10 Å². The molecule has 1 heterocycles. The van der Waals surface area contributed by atoms with E-state index in [-0.39, 0.29) is 43.2 Å². The summed E-state index contributed by atoms with van der Waals surface area (Å²) in [6.45, 7) is 0.330. The van der Waals surface area contributed by atoms with Crippen LogP contribution in [0, 0.1) is 11.7 Å². The smallest absolute Gasteiger partial charge is 0.271 e. The van der Waals surface area contributed by atoms with Crippen LogP contribution in [-0.4, -0.2) is 34.7 Å². The fourth-order valence-corrected chi connectivity index (χ4v) is 2.98. The molecule has 0 aliphatic rings. The third kappa shape index (κ3) is 6.49. The number of ether oxygens (including phenoxy) is 1. The van der Waals surface area contributed by atoms with Gasteiger partial charge in [0.05, 0.1) is 12.5 Å². The van der Waals surface area contributed by atoms with Crippen molar-refractivity contribution in [1.82, 2.24) is 15.1 Å². The number of hydrogen-bond acceptors (Lipinski definition) is 5. The van der Waals surface area contributed by atoms with Crippen LogP contribution < -0.4 is 21.3 Å². The number of para-hydroxylation sites is 1. The van der Waals surface area contributed by atoms with Crippen LogP contribution in [0.5, 0.6) is 5.75 Å². The lowest BCUT2D eigenvalue weighted by molar-refractivity contribution is -0.121. The van der Waals surface area contributed by atoms with Crippen molar-refractivity contribution in [2.75, 3.05) is 13.2 Å². The van der Waals surface area contributed by atoms with Crippen LogP contribution in [0.3, 0.4) is 0 Å². The monoisotopic (exact) mass is 438 g/mol. The van der Waals surface area contributed by atoms with Gasteiger partial charge in [0, 0.05) is 12.6 Å². The fraction of sp³-hybridized carbons (Fsp3) is 0.217. The van der Waals surface area contributed by atoms with Gasteiger partial charge < -0.3 is 15.8 Å². The number of primary amides is 1. The second-order valence-corrected chi connectivity index (χ2v) is 7.08. The molecule has 0 saturated carbocycles. The number of carbonyl (C=O) groups is 2. The Labute approximate surface area is 183 Å². The minimum Gasteiger partial charge on any atom is -0.492 e. The second kappa shape index (κ2) is 10.9. The number of hydrogen-bond donors (Lipinski definition) is 2. The quantitative estimate of drug-likeness (QED) is 0.498. The lowest BCUT2D eigenvalue weighted by Gasteiger charge is -2.15. The largest absolute Gasteiger partial charge is 0.492 e. The van der Waals surface area contributed by atoms with E-state index in [1.54, 1.807) is 24.3 Å². The molecule has 0 bridgehead atoms. The summed E-state index contributed by atoms with van der Waals surface area (Å²) < 4.78 is 19.8. The van der Waals surface area contributed by atoms with Crippen molar-refractivity contribution in [3.63, 3.8) is 0 Å². The molecule has 0 spiro atoms. The molecule has 1 atom stereocenters. The van der Waals surface area contributed by atoms with Crippen LogP contribution in [0.15, 0.2) is 71.5 Å². The predicted molar refractivity (Wildman–Crippen MR) is 116 cm³/mol. The SMILES string of the molecule is NC(=O)C(CNC(=O)c1ccc(=O)n(CCOc2ccccc2)n1)Cc1ccc(F)cc1. The first-order valence-corrected chi connectivity index (χ1v) is 10.0. The molecule has 3 rings (SSSR count). The molecule has 0 aliphatic heterocycles. The van der Waals surface area contributed by atoms with Gasteiger partial charge in [-0.05, 0) is 42.3 Å². The van der Waals surface area contributed by atoms with Gasteiger partial charge in [0.25, 0.3) is 11.5 Å². The maximum absolute atomic E-state index is 13.1. The van der Waals surface area contributed by atoms with E-state index in [4.69, 9.17) is 10.5 Å². The Balaban J connectivity index is 1.58. The molecule has 1 unspecified atom stereocenters. The molecule has 0 radical (unpaired) electrons. The van der Waals surface area contributed by atoms with Gasteiger partial charge in [0.2, 0.25) is 5.91 Å². The summed E-state index contributed by atoms with van der Waals surface area (Å²) in [5.74, 6) is -1.55. The number of nitrogens with two attached hydrogens (primary N) is 1. The number of aromatic nitrogens is 2. The highest BCUT2D eigenvalue weighted by atomic mass is 19.1. The van der Waals surface area contributed by atoms with E-state index in [1.165, 1.54) is 24.3 Å². The number of rotatable bonds is 10. The Bertz CT molecular complexity index is 1120.